The zero-order chi connectivity index (χ0) is 24.0. The number of nitrogens with zero attached hydrogens (tertiary/aromatic N) is 1. The number of carbonyl (C=O) groups is 3. The quantitative estimate of drug-likeness (QED) is 0.409. The summed E-state index contributed by atoms with van der Waals surface area (Å²) in [5.41, 5.74) is 1.42. The first-order valence-electron chi connectivity index (χ1n) is 10.5. The number of esters is 1. The molecule has 1 aliphatic heterocycles. The molecular weight excluding hydrogens is 467 g/mol. The number of halogens is 2. The average molecular weight is 491 g/mol. The molecule has 2 N–H and O–H groups in total. The molecule has 0 saturated heterocycles. The third kappa shape index (κ3) is 5.86. The second-order valence-corrected chi connectivity index (χ2v) is 8.25. The van der Waals surface area contributed by atoms with Crippen molar-refractivity contribution in [2.75, 3.05) is 19.7 Å². The fourth-order valence-corrected chi connectivity index (χ4v) is 3.89. The lowest BCUT2D eigenvalue weighted by Gasteiger charge is -2.26. The van der Waals surface area contributed by atoms with Gasteiger partial charge in [-0.3, -0.25) is 9.59 Å². The molecule has 0 aromatic heterocycles. The highest BCUT2D eigenvalue weighted by molar-refractivity contribution is 6.42. The molecule has 3 rings (SSSR count). The van der Waals surface area contributed by atoms with E-state index in [1.165, 1.54) is 0 Å². The molecule has 0 radical (unpaired) electrons. The molecule has 0 spiro atoms. The van der Waals surface area contributed by atoms with Crippen molar-refractivity contribution in [1.29, 1.82) is 0 Å². The van der Waals surface area contributed by atoms with Crippen molar-refractivity contribution in [3.05, 3.63) is 81.0 Å². The van der Waals surface area contributed by atoms with Crippen LogP contribution in [0.3, 0.4) is 0 Å². The van der Waals surface area contributed by atoms with Crippen molar-refractivity contribution in [3.63, 3.8) is 0 Å². The summed E-state index contributed by atoms with van der Waals surface area (Å²) < 4.78 is 5.14. The highest BCUT2D eigenvalue weighted by Crippen LogP contribution is 2.30. The molecule has 33 heavy (non-hydrogen) atoms. The van der Waals surface area contributed by atoms with E-state index in [-0.39, 0.29) is 18.7 Å². The van der Waals surface area contributed by atoms with Gasteiger partial charge in [-0.25, -0.2) is 4.79 Å². The minimum atomic E-state index is -1.07. The topological polar surface area (TPSA) is 95.9 Å². The predicted octanol–water partition coefficient (Wildman–Crippen LogP) is 4.00. The second-order valence-electron chi connectivity index (χ2n) is 7.43. The molecule has 0 fully saturated rings. The van der Waals surface area contributed by atoms with E-state index in [0.717, 1.165) is 10.5 Å². The van der Waals surface area contributed by atoms with Gasteiger partial charge in [0.25, 0.3) is 11.8 Å². The van der Waals surface area contributed by atoms with E-state index >= 15 is 0 Å². The molecule has 0 bridgehead atoms. The summed E-state index contributed by atoms with van der Waals surface area (Å²) >= 11 is 11.9. The highest BCUT2D eigenvalue weighted by atomic mass is 35.5. The molecule has 2 amide bonds. The molecular formula is C24H24Cl2N2O5. The van der Waals surface area contributed by atoms with Gasteiger partial charge in [0.15, 0.2) is 11.8 Å². The van der Waals surface area contributed by atoms with E-state index in [9.17, 15) is 19.5 Å². The number of hydrogen-bond donors (Lipinski definition) is 2. The summed E-state index contributed by atoms with van der Waals surface area (Å²) in [5, 5.41) is 14.0. The Balaban J connectivity index is 1.63. The van der Waals surface area contributed by atoms with Crippen LogP contribution in [0.25, 0.3) is 0 Å². The number of aliphatic hydroxyl groups excluding tert-OH is 1. The molecule has 2 aromatic rings. The highest BCUT2D eigenvalue weighted by Gasteiger charge is 2.41. The molecule has 174 valence electrons. The monoisotopic (exact) mass is 490 g/mol. The van der Waals surface area contributed by atoms with Gasteiger partial charge >= 0.3 is 5.97 Å². The van der Waals surface area contributed by atoms with Gasteiger partial charge < -0.3 is 20.1 Å². The Morgan fingerprint density at radius 1 is 1.15 bits per heavy atom. The first kappa shape index (κ1) is 24.6. The van der Waals surface area contributed by atoms with Crippen molar-refractivity contribution in [1.82, 2.24) is 10.2 Å². The molecule has 9 heteroatoms. The molecule has 0 aliphatic carbocycles. The van der Waals surface area contributed by atoms with Crippen molar-refractivity contribution < 1.29 is 24.2 Å². The molecule has 1 atom stereocenters. The van der Waals surface area contributed by atoms with Crippen LogP contribution in [0.5, 0.6) is 0 Å². The molecule has 0 saturated carbocycles. The summed E-state index contributed by atoms with van der Waals surface area (Å²) in [6.45, 7) is 1.92. The van der Waals surface area contributed by atoms with Crippen LogP contribution in [0.15, 0.2) is 59.9 Å². The van der Waals surface area contributed by atoms with Crippen LogP contribution in [0.1, 0.15) is 30.5 Å². The number of aryl methyl sites for hydroxylation is 1. The van der Waals surface area contributed by atoms with Crippen LogP contribution in [-0.2, 0) is 25.5 Å². The maximum absolute atomic E-state index is 12.7. The Morgan fingerprint density at radius 2 is 1.88 bits per heavy atom. The Hall–Kier alpha value is -3.03. The van der Waals surface area contributed by atoms with Gasteiger partial charge in [0.05, 0.1) is 28.8 Å². The van der Waals surface area contributed by atoms with Crippen molar-refractivity contribution in [2.45, 2.75) is 25.8 Å². The lowest BCUT2D eigenvalue weighted by atomic mass is 10.1. The summed E-state index contributed by atoms with van der Waals surface area (Å²) in [5.74, 6) is -2.65. The lowest BCUT2D eigenvalue weighted by molar-refractivity contribution is -0.153. The first-order chi connectivity index (χ1) is 15.8. The summed E-state index contributed by atoms with van der Waals surface area (Å²) in [6.07, 6.45) is 1.27. The Kier molecular flexibility index (Phi) is 8.36. The number of nitrogens with one attached hydrogen (secondary N) is 1. The Bertz CT molecular complexity index is 1070. The largest absolute Gasteiger partial charge is 0.503 e. The van der Waals surface area contributed by atoms with E-state index in [2.05, 4.69) is 5.32 Å². The fraction of sp³-hybridized carbons (Fsp3) is 0.292. The average Bonchev–Trinajstić information content (AvgIpc) is 3.09. The zero-order valence-electron chi connectivity index (χ0n) is 18.0. The number of amides is 2. The van der Waals surface area contributed by atoms with Gasteiger partial charge in [0, 0.05) is 6.54 Å². The van der Waals surface area contributed by atoms with E-state index in [1.807, 2.05) is 6.07 Å². The van der Waals surface area contributed by atoms with Crippen molar-refractivity contribution in [2.24, 2.45) is 0 Å². The van der Waals surface area contributed by atoms with Crippen molar-refractivity contribution in [3.8, 4) is 0 Å². The van der Waals surface area contributed by atoms with Crippen LogP contribution in [0, 0.1) is 0 Å². The van der Waals surface area contributed by atoms with Crippen LogP contribution < -0.4 is 5.32 Å². The number of benzene rings is 2. The molecule has 0 unspecified atom stereocenters. The van der Waals surface area contributed by atoms with E-state index in [4.69, 9.17) is 27.9 Å². The predicted molar refractivity (Wildman–Crippen MR) is 125 cm³/mol. The number of ether oxygens (including phenoxy) is 1. The van der Waals surface area contributed by atoms with Crippen LogP contribution >= 0.6 is 23.2 Å². The van der Waals surface area contributed by atoms with Gasteiger partial charge in [0.1, 0.15) is 0 Å². The maximum Gasteiger partial charge on any atom is 0.333 e. The standard InChI is InChI=1S/C24H24Cl2N2O5/c1-2-33-24(32)20(16-8-4-3-5-9-16)28-14-17(21(29)23(28)31)22(30)27-12-6-7-15-10-11-18(25)19(26)13-15/h3-5,8-11,13,20,29H,2,6-7,12,14H2,1H3,(H,27,30)/t20-/m1/s1. The van der Waals surface area contributed by atoms with Crippen molar-refractivity contribution >= 4 is 41.0 Å². The number of hydrogen-bond acceptors (Lipinski definition) is 5. The zero-order valence-corrected chi connectivity index (χ0v) is 19.5. The number of aliphatic hydroxyl groups is 1. The van der Waals surface area contributed by atoms with Crippen LogP contribution in [0.2, 0.25) is 10.0 Å². The summed E-state index contributed by atoms with van der Waals surface area (Å²) in [7, 11) is 0. The van der Waals surface area contributed by atoms with Gasteiger partial charge in [-0.2, -0.15) is 0 Å². The molecule has 1 heterocycles. The fourth-order valence-electron chi connectivity index (χ4n) is 3.57. The van der Waals surface area contributed by atoms with Gasteiger partial charge in [-0.1, -0.05) is 59.6 Å². The number of rotatable bonds is 9. The lowest BCUT2D eigenvalue weighted by Crippen LogP contribution is -2.38. The van der Waals surface area contributed by atoms with E-state index in [0.29, 0.717) is 35.0 Å². The van der Waals surface area contributed by atoms with Crippen LogP contribution in [-0.4, -0.2) is 47.5 Å². The third-order valence-electron chi connectivity index (χ3n) is 5.20. The van der Waals surface area contributed by atoms with Gasteiger partial charge in [-0.15, -0.1) is 0 Å². The number of carbonyl (C=O) groups excluding carboxylic acids is 3. The first-order valence-corrected chi connectivity index (χ1v) is 11.3. The van der Waals surface area contributed by atoms with E-state index < -0.39 is 29.6 Å². The summed E-state index contributed by atoms with van der Waals surface area (Å²) in [4.78, 5) is 39.1. The van der Waals surface area contributed by atoms with E-state index in [1.54, 1.807) is 49.4 Å². The maximum atomic E-state index is 12.7. The summed E-state index contributed by atoms with van der Waals surface area (Å²) in [6, 6.07) is 12.9. The third-order valence-corrected chi connectivity index (χ3v) is 5.94. The second kappa shape index (κ2) is 11.2. The van der Waals surface area contributed by atoms with Gasteiger partial charge in [-0.05, 0) is 43.0 Å². The van der Waals surface area contributed by atoms with Gasteiger partial charge in [0.2, 0.25) is 0 Å². The normalized spacial score (nSPS) is 14.4. The minimum Gasteiger partial charge on any atom is -0.503 e. The smallest absolute Gasteiger partial charge is 0.333 e. The Labute approximate surface area is 201 Å². The SMILES string of the molecule is CCOC(=O)[C@@H](c1ccccc1)N1CC(C(=O)NCCCc2ccc(Cl)c(Cl)c2)=C(O)C1=O. The molecule has 1 aliphatic rings. The van der Waals surface area contributed by atoms with Crippen LogP contribution in [0.4, 0.5) is 0 Å². The Morgan fingerprint density at radius 3 is 2.55 bits per heavy atom. The molecule has 7 nitrogen and oxygen atoms in total. The molecule has 2 aromatic carbocycles. The minimum absolute atomic E-state index is 0.0835.